The lowest BCUT2D eigenvalue weighted by molar-refractivity contribution is -0.265. The molecule has 146 heavy (non-hydrogen) atoms. The van der Waals surface area contributed by atoms with Crippen molar-refractivity contribution in [2.45, 2.75) is 593 Å². The van der Waals surface area contributed by atoms with Crippen molar-refractivity contribution in [1.29, 1.82) is 0 Å². The summed E-state index contributed by atoms with van der Waals surface area (Å²) in [6, 6.07) is 0. The van der Waals surface area contributed by atoms with Gasteiger partial charge in [-0.3, -0.25) is 0 Å². The first-order valence-corrected chi connectivity index (χ1v) is 60.9. The smallest absolute Gasteiger partial charge is 0.381 e. The van der Waals surface area contributed by atoms with Gasteiger partial charge in [-0.25, -0.2) is 26.3 Å². The summed E-state index contributed by atoms with van der Waals surface area (Å²) in [6.07, 6.45) is 73.5. The highest BCUT2D eigenvalue weighted by Crippen LogP contribution is 2.51. The molecule has 838 valence electrons. The van der Waals surface area contributed by atoms with Crippen molar-refractivity contribution in [3.63, 3.8) is 0 Å². The van der Waals surface area contributed by atoms with Crippen LogP contribution >= 0.6 is 0 Å². The van der Waals surface area contributed by atoms with E-state index in [0.717, 1.165) is 208 Å². The van der Waals surface area contributed by atoms with Crippen LogP contribution in [0, 0.1) is 71.0 Å². The maximum atomic E-state index is 14.2. The normalized spacial score (nSPS) is 31.6. The van der Waals surface area contributed by atoms with Crippen LogP contribution in [0.4, 0.5) is 48.3 Å². The maximum Gasteiger partial charge on any atom is 0.389 e. The molecular formula is C130H211F11O5. The van der Waals surface area contributed by atoms with Crippen LogP contribution in [0.3, 0.4) is 0 Å². The molecule has 0 spiro atoms. The molecule has 1 heterocycles. The van der Waals surface area contributed by atoms with Crippen LogP contribution in [0.1, 0.15) is 526 Å². The molecule has 7 unspecified atom stereocenters. The highest BCUT2D eigenvalue weighted by Gasteiger charge is 2.46. The number of allylic oxidation sites excluding steroid dienone is 18. The molecule has 16 fully saturated rings. The van der Waals surface area contributed by atoms with Gasteiger partial charge in [-0.1, -0.05) is 197 Å². The Morgan fingerprint density at radius 1 is 0.363 bits per heavy atom. The summed E-state index contributed by atoms with van der Waals surface area (Å²) in [6.45, 7) is 35.1. The summed E-state index contributed by atoms with van der Waals surface area (Å²) in [5.74, 6) is 2.80. The van der Waals surface area contributed by atoms with Crippen molar-refractivity contribution >= 4 is 0 Å². The number of alkyl halides is 11. The minimum atomic E-state index is -3.97. The highest BCUT2D eigenvalue weighted by atomic mass is 19.4. The molecule has 16 aliphatic rings. The van der Waals surface area contributed by atoms with E-state index in [1.165, 1.54) is 280 Å². The SMILES string of the molecule is C=CC1CCC(=C2CCC(CC)CC2)CC1.C=CC1CCC(=C2CCC(CCC)C(F)(F)C2)CC1.C=CC1CCC(=C2CCC(OCC)CC2)CC1.CC1CCC(=C2CCC(OC(C)(F)F)C(F)C2F)CC1.CCC1CCC(=C2CCC(CCC(F)(F)F)CC2)CC1.CCC1CCC(=C2CCC(OC)CC2)CC1C.CCCC1CCC(=C2CCC(CC(C)(F)F)CC2)CO1.CCCC1CCC(=C2CCC(OC)CC2)CC1. The lowest BCUT2D eigenvalue weighted by Gasteiger charge is -2.35. The first-order valence-electron chi connectivity index (χ1n) is 60.9. The molecular weight excluding hydrogens is 1850 g/mol. The fraction of sp³-hybridized carbons (Fsp3) is 0.831. The Morgan fingerprint density at radius 2 is 0.719 bits per heavy atom. The van der Waals surface area contributed by atoms with Crippen molar-refractivity contribution in [2.75, 3.05) is 27.4 Å². The van der Waals surface area contributed by atoms with E-state index in [1.807, 2.05) is 49.5 Å². The number of methoxy groups -OCH3 is 2. The Labute approximate surface area is 885 Å². The minimum Gasteiger partial charge on any atom is -0.381 e. The van der Waals surface area contributed by atoms with Gasteiger partial charge in [-0.05, 0) is 475 Å². The highest BCUT2D eigenvalue weighted by molar-refractivity contribution is 5.28. The number of rotatable bonds is 22. The van der Waals surface area contributed by atoms with Gasteiger partial charge < -0.3 is 23.7 Å². The second kappa shape index (κ2) is 65.9. The summed E-state index contributed by atoms with van der Waals surface area (Å²) in [5, 5.41) is 0. The lowest BCUT2D eigenvalue weighted by Crippen LogP contribution is -2.42. The number of hydrogen-bond acceptors (Lipinski definition) is 5. The predicted molar refractivity (Wildman–Crippen MR) is 591 cm³/mol. The molecule has 0 radical (unpaired) electrons. The number of ether oxygens (including phenoxy) is 5. The average molecular weight is 2060 g/mol. The van der Waals surface area contributed by atoms with Gasteiger partial charge in [0.05, 0.1) is 37.1 Å². The largest absolute Gasteiger partial charge is 0.389 e. The molecule has 0 N–H and O–H groups in total. The van der Waals surface area contributed by atoms with Crippen molar-refractivity contribution in [3.8, 4) is 0 Å². The first kappa shape index (κ1) is 126. The van der Waals surface area contributed by atoms with Gasteiger partial charge in [0.1, 0.15) is 0 Å². The lowest BCUT2D eigenvalue weighted by atomic mass is 9.73. The Kier molecular flexibility index (Phi) is 56.7. The molecule has 16 rings (SSSR count). The fourth-order valence-corrected chi connectivity index (χ4v) is 28.3. The molecule has 0 aromatic heterocycles. The standard InChI is InChI=1S/C17H27F3.C17H28F2O.C17H26F2.2C16H28O.C16H26O.C16H26.C15H22F4O/c1-2-13-3-7-15(8-4-13)16-9-5-14(6-10-16)11-12-17(18,19)20;1-3-4-16-10-9-15(12-20-16)14-7-5-13(6-8-14)11-17(2,18)19;1-3-5-16-11-10-15(12-17(16,18)19)14-8-6-13(4-2)7-9-14;1-4-13-5-6-15(11-12(13)2)14-7-9-16(17-3)10-8-14;1-3-4-13-5-7-14(8-6-13)15-9-11-16(17-2)12-10-15;1-3-13-5-7-14(8-6-13)15-9-11-16(12-10-15)17-4-2;1-3-13-5-9-15(10-6-13)16-11-7-14(4-2)8-12-16;1-9-3-5-10(6-4-9)11-7-8-12(14(17)13(11)16)20-15(2,18)19/h13-14H,2-12H2,1H3;13,16H,3-12H2,1-2H3;4,13,16H,2-3,5-12H2,1H3;12-13,16H,4-11H2,1-3H3;13,16H,3-12H2,1-2H3;3,13,16H,1,4-12H2,2H3;3,13-14H,1,4-12H2,2H3;9,12-14H,3-8H2,1-2H3. The van der Waals surface area contributed by atoms with E-state index >= 15 is 0 Å². The summed E-state index contributed by atoms with van der Waals surface area (Å²) in [4.78, 5) is 0. The van der Waals surface area contributed by atoms with Gasteiger partial charge in [0.25, 0.3) is 5.92 Å². The van der Waals surface area contributed by atoms with E-state index in [4.69, 9.17) is 18.9 Å². The number of hydrogen-bond donors (Lipinski definition) is 0. The molecule has 1 saturated heterocycles. The summed E-state index contributed by atoms with van der Waals surface area (Å²) < 4.78 is 172. The quantitative estimate of drug-likeness (QED) is 0.0798. The average Bonchev–Trinajstić information content (AvgIpc) is 0.804. The molecule has 7 atom stereocenters. The molecule has 0 aromatic rings. The first-order chi connectivity index (χ1) is 70.0. The van der Waals surface area contributed by atoms with Crippen LogP contribution < -0.4 is 0 Å². The van der Waals surface area contributed by atoms with E-state index < -0.39 is 49.0 Å². The van der Waals surface area contributed by atoms with Gasteiger partial charge >= 0.3 is 12.3 Å². The number of halogens is 11. The summed E-state index contributed by atoms with van der Waals surface area (Å²) >= 11 is 0. The molecule has 5 nitrogen and oxygen atoms in total. The van der Waals surface area contributed by atoms with Crippen molar-refractivity contribution < 1.29 is 72.0 Å². The van der Waals surface area contributed by atoms with Crippen LogP contribution in [0.2, 0.25) is 0 Å². The molecule has 0 aromatic carbocycles. The Hall–Kier alpha value is -3.83. The minimum absolute atomic E-state index is 0.0335. The Morgan fingerprint density at radius 3 is 1.08 bits per heavy atom. The van der Waals surface area contributed by atoms with Crippen LogP contribution in [0.25, 0.3) is 0 Å². The third-order valence-corrected chi connectivity index (χ3v) is 38.4. The van der Waals surface area contributed by atoms with Crippen molar-refractivity contribution in [2.24, 2.45) is 71.0 Å². The third kappa shape index (κ3) is 44.1. The summed E-state index contributed by atoms with van der Waals surface area (Å²) in [5.41, 5.74) is 24.6. The molecule has 15 saturated carbocycles. The van der Waals surface area contributed by atoms with Crippen LogP contribution in [-0.4, -0.2) is 94.4 Å². The monoisotopic (exact) mass is 2060 g/mol. The van der Waals surface area contributed by atoms with E-state index in [1.54, 1.807) is 33.4 Å². The maximum absolute atomic E-state index is 14.2. The van der Waals surface area contributed by atoms with E-state index in [0.29, 0.717) is 80.3 Å². The van der Waals surface area contributed by atoms with Gasteiger partial charge in [-0.15, -0.1) is 19.7 Å². The van der Waals surface area contributed by atoms with Crippen LogP contribution in [0.15, 0.2) is 127 Å². The van der Waals surface area contributed by atoms with Gasteiger partial charge in [0.2, 0.25) is 5.92 Å². The van der Waals surface area contributed by atoms with E-state index in [-0.39, 0.29) is 31.1 Å². The molecule has 1 aliphatic heterocycles. The van der Waals surface area contributed by atoms with Gasteiger partial charge in [0.15, 0.2) is 12.3 Å². The van der Waals surface area contributed by atoms with Crippen molar-refractivity contribution in [3.05, 3.63) is 127 Å². The predicted octanol–water partition coefficient (Wildman–Crippen LogP) is 42.2. The van der Waals surface area contributed by atoms with Gasteiger partial charge in [0, 0.05) is 52.9 Å². The van der Waals surface area contributed by atoms with E-state index in [9.17, 15) is 48.3 Å². The zero-order valence-electron chi connectivity index (χ0n) is 94.9. The second-order valence-electron chi connectivity index (χ2n) is 48.7. The fourth-order valence-electron chi connectivity index (χ4n) is 28.3. The zero-order valence-corrected chi connectivity index (χ0v) is 94.9. The Balaban J connectivity index is 0.000000186. The van der Waals surface area contributed by atoms with Crippen molar-refractivity contribution in [1.82, 2.24) is 0 Å². The summed E-state index contributed by atoms with van der Waals surface area (Å²) in [7, 11) is 3.72. The van der Waals surface area contributed by atoms with Crippen LogP contribution in [-0.2, 0) is 23.7 Å². The zero-order chi connectivity index (χ0) is 106. The van der Waals surface area contributed by atoms with Crippen LogP contribution in [0.5, 0.6) is 0 Å². The molecule has 16 heteroatoms. The molecule has 15 aliphatic carbocycles. The third-order valence-electron chi connectivity index (χ3n) is 38.4. The molecule has 0 amide bonds. The van der Waals surface area contributed by atoms with Gasteiger partial charge in [-0.2, -0.15) is 22.0 Å². The van der Waals surface area contributed by atoms with E-state index in [2.05, 4.69) is 92.0 Å². The topological polar surface area (TPSA) is 46.2 Å². The molecule has 0 bridgehead atoms. The Bertz CT molecular complexity index is 3930. The second-order valence-corrected chi connectivity index (χ2v) is 48.7.